The zero-order chi connectivity index (χ0) is 14.1. The predicted octanol–water partition coefficient (Wildman–Crippen LogP) is 1.75. The second-order valence-corrected chi connectivity index (χ2v) is 5.09. The maximum absolute atomic E-state index is 5.49. The minimum Gasteiger partial charge on any atom is -0.496 e. The van der Waals surface area contributed by atoms with Crippen molar-refractivity contribution in [3.63, 3.8) is 0 Å². The lowest BCUT2D eigenvalue weighted by molar-refractivity contribution is 0.419. The Hall–Kier alpha value is -1.85. The molecule has 1 aromatic heterocycles. The number of aromatic nitrogens is 1. The van der Waals surface area contributed by atoms with Gasteiger partial charge in [-0.15, -0.1) is 0 Å². The molecular weight excluding hydrogens is 252 g/mol. The van der Waals surface area contributed by atoms with Crippen LogP contribution in [0.1, 0.15) is 11.1 Å². The van der Waals surface area contributed by atoms with Crippen LogP contribution in [-0.4, -0.2) is 31.5 Å². The second-order valence-electron chi connectivity index (χ2n) is 5.09. The summed E-state index contributed by atoms with van der Waals surface area (Å²) in [6.45, 7) is 6.14. The molecule has 3 N–H and O–H groups in total. The molecule has 106 valence electrons. The molecule has 0 spiro atoms. The third kappa shape index (κ3) is 2.19. The zero-order valence-corrected chi connectivity index (χ0v) is 12.1. The highest BCUT2D eigenvalue weighted by molar-refractivity contribution is 5.94. The van der Waals surface area contributed by atoms with Gasteiger partial charge in [0, 0.05) is 30.4 Å². The van der Waals surface area contributed by atoms with Gasteiger partial charge in [0.05, 0.1) is 12.6 Å². The number of nitrogens with zero attached hydrogens (tertiary/aromatic N) is 1. The topological polar surface area (TPSA) is 58.2 Å². The van der Waals surface area contributed by atoms with Crippen LogP contribution < -0.4 is 20.7 Å². The normalized spacial score (nSPS) is 15.8. The first-order valence-electron chi connectivity index (χ1n) is 6.87. The maximum Gasteiger partial charge on any atom is 0.132 e. The molecule has 3 rings (SSSR count). The summed E-state index contributed by atoms with van der Waals surface area (Å²) in [5.41, 5.74) is 4.41. The third-order valence-electron chi connectivity index (χ3n) is 3.77. The van der Waals surface area contributed by atoms with E-state index < -0.39 is 0 Å². The molecular formula is C15H20N4O. The molecule has 0 unspecified atom stereocenters. The van der Waals surface area contributed by atoms with Crippen LogP contribution in [0.3, 0.4) is 0 Å². The van der Waals surface area contributed by atoms with E-state index in [0.717, 1.165) is 46.6 Å². The van der Waals surface area contributed by atoms with Crippen LogP contribution in [0, 0.1) is 13.8 Å². The van der Waals surface area contributed by atoms with Crippen molar-refractivity contribution in [3.8, 4) is 5.75 Å². The number of aryl methyl sites for hydroxylation is 2. The van der Waals surface area contributed by atoms with E-state index in [2.05, 4.69) is 40.8 Å². The fourth-order valence-corrected chi connectivity index (χ4v) is 2.72. The van der Waals surface area contributed by atoms with Crippen molar-refractivity contribution in [2.45, 2.75) is 20.1 Å². The van der Waals surface area contributed by atoms with E-state index in [4.69, 9.17) is 4.74 Å². The van der Waals surface area contributed by atoms with Crippen molar-refractivity contribution in [2.24, 2.45) is 0 Å². The molecule has 1 fully saturated rings. The number of nitrogens with one attached hydrogen (secondary N) is 3. The average Bonchev–Trinajstić information content (AvgIpc) is 2.96. The molecule has 5 nitrogen and oxygen atoms in total. The van der Waals surface area contributed by atoms with Gasteiger partial charge in [-0.1, -0.05) is 0 Å². The standard InChI is InChI=1S/C15H20N4O/c1-9-8-11(19-15-17-6-7-18-15)10(2)13-12(20-3)4-5-16-14(9)13/h4-5,8,15,17-19H,6-7H2,1-3H3. The fourth-order valence-electron chi connectivity index (χ4n) is 2.72. The lowest BCUT2D eigenvalue weighted by Crippen LogP contribution is -2.39. The maximum atomic E-state index is 5.49. The summed E-state index contributed by atoms with van der Waals surface area (Å²) < 4.78 is 5.49. The second kappa shape index (κ2) is 5.26. The average molecular weight is 272 g/mol. The molecule has 2 heterocycles. The summed E-state index contributed by atoms with van der Waals surface area (Å²) >= 11 is 0. The van der Waals surface area contributed by atoms with Gasteiger partial charge < -0.3 is 10.1 Å². The Labute approximate surface area is 118 Å². The van der Waals surface area contributed by atoms with Gasteiger partial charge in [0.1, 0.15) is 12.0 Å². The largest absolute Gasteiger partial charge is 0.496 e. The summed E-state index contributed by atoms with van der Waals surface area (Å²) in [6, 6.07) is 4.05. The fraction of sp³-hybridized carbons (Fsp3) is 0.400. The Morgan fingerprint density at radius 3 is 2.75 bits per heavy atom. The number of hydrogen-bond acceptors (Lipinski definition) is 5. The van der Waals surface area contributed by atoms with Crippen molar-refractivity contribution in [1.29, 1.82) is 0 Å². The summed E-state index contributed by atoms with van der Waals surface area (Å²) in [6.07, 6.45) is 1.91. The molecule has 0 amide bonds. The minimum absolute atomic E-state index is 0.119. The Morgan fingerprint density at radius 1 is 1.30 bits per heavy atom. The van der Waals surface area contributed by atoms with Crippen molar-refractivity contribution < 1.29 is 4.74 Å². The van der Waals surface area contributed by atoms with Gasteiger partial charge >= 0.3 is 0 Å². The molecule has 0 bridgehead atoms. The van der Waals surface area contributed by atoms with Crippen LogP contribution in [0.15, 0.2) is 18.3 Å². The summed E-state index contributed by atoms with van der Waals surface area (Å²) in [5.74, 6) is 0.867. The highest BCUT2D eigenvalue weighted by atomic mass is 16.5. The minimum atomic E-state index is 0.119. The van der Waals surface area contributed by atoms with E-state index in [0.29, 0.717) is 0 Å². The van der Waals surface area contributed by atoms with E-state index in [1.165, 1.54) is 0 Å². The van der Waals surface area contributed by atoms with Crippen molar-refractivity contribution in [2.75, 3.05) is 25.5 Å². The lowest BCUT2D eigenvalue weighted by atomic mass is 10.0. The van der Waals surface area contributed by atoms with Gasteiger partial charge in [-0.25, -0.2) is 0 Å². The van der Waals surface area contributed by atoms with Crippen molar-refractivity contribution in [1.82, 2.24) is 15.6 Å². The monoisotopic (exact) mass is 272 g/mol. The number of hydrogen-bond donors (Lipinski definition) is 3. The predicted molar refractivity (Wildman–Crippen MR) is 81.2 cm³/mol. The van der Waals surface area contributed by atoms with Crippen LogP contribution in [0.2, 0.25) is 0 Å². The summed E-state index contributed by atoms with van der Waals surface area (Å²) in [5, 5.41) is 11.3. The molecule has 1 aliphatic heterocycles. The van der Waals surface area contributed by atoms with Crippen LogP contribution in [-0.2, 0) is 0 Å². The molecule has 20 heavy (non-hydrogen) atoms. The van der Waals surface area contributed by atoms with E-state index in [-0.39, 0.29) is 6.29 Å². The molecule has 5 heteroatoms. The van der Waals surface area contributed by atoms with Crippen molar-refractivity contribution >= 4 is 16.6 Å². The number of benzene rings is 1. The smallest absolute Gasteiger partial charge is 0.132 e. The van der Waals surface area contributed by atoms with Crippen LogP contribution in [0.4, 0.5) is 5.69 Å². The van der Waals surface area contributed by atoms with Gasteiger partial charge in [0.15, 0.2) is 0 Å². The molecule has 1 aromatic carbocycles. The molecule has 0 saturated carbocycles. The molecule has 0 atom stereocenters. The number of rotatable bonds is 3. The van der Waals surface area contributed by atoms with E-state index in [1.54, 1.807) is 13.3 Å². The number of ether oxygens (including phenoxy) is 1. The molecule has 0 aliphatic carbocycles. The highest BCUT2D eigenvalue weighted by Gasteiger charge is 2.16. The molecule has 1 aliphatic rings. The highest BCUT2D eigenvalue weighted by Crippen LogP contribution is 2.33. The summed E-state index contributed by atoms with van der Waals surface area (Å²) in [4.78, 5) is 4.48. The van der Waals surface area contributed by atoms with Crippen LogP contribution in [0.25, 0.3) is 10.9 Å². The van der Waals surface area contributed by atoms with Crippen LogP contribution >= 0.6 is 0 Å². The van der Waals surface area contributed by atoms with Gasteiger partial charge in [0.25, 0.3) is 0 Å². The van der Waals surface area contributed by atoms with E-state index >= 15 is 0 Å². The Balaban J connectivity index is 2.11. The van der Waals surface area contributed by atoms with E-state index in [1.807, 2.05) is 6.07 Å². The van der Waals surface area contributed by atoms with Gasteiger partial charge in [-0.2, -0.15) is 0 Å². The Kier molecular flexibility index (Phi) is 3.46. The Bertz CT molecular complexity index is 635. The zero-order valence-electron chi connectivity index (χ0n) is 12.1. The first-order chi connectivity index (χ1) is 9.70. The van der Waals surface area contributed by atoms with Crippen molar-refractivity contribution in [3.05, 3.63) is 29.5 Å². The van der Waals surface area contributed by atoms with Crippen LogP contribution in [0.5, 0.6) is 5.75 Å². The number of methoxy groups -OCH3 is 1. The first-order valence-corrected chi connectivity index (χ1v) is 6.87. The van der Waals surface area contributed by atoms with Gasteiger partial charge in [-0.3, -0.25) is 15.6 Å². The first kappa shape index (κ1) is 13.1. The molecule has 1 saturated heterocycles. The number of anilines is 1. The SMILES string of the molecule is COc1ccnc2c(C)cc(NC3NCCN3)c(C)c12. The third-order valence-corrected chi connectivity index (χ3v) is 3.77. The van der Waals surface area contributed by atoms with E-state index in [9.17, 15) is 0 Å². The van der Waals surface area contributed by atoms with Gasteiger partial charge in [0.2, 0.25) is 0 Å². The Morgan fingerprint density at radius 2 is 2.05 bits per heavy atom. The summed E-state index contributed by atoms with van der Waals surface area (Å²) in [7, 11) is 1.70. The van der Waals surface area contributed by atoms with Gasteiger partial charge in [-0.05, 0) is 37.1 Å². The number of fused-ring (bicyclic) bond motifs is 1. The molecule has 2 aromatic rings. The molecule has 0 radical (unpaired) electrons. The lowest BCUT2D eigenvalue weighted by Gasteiger charge is -2.19. The number of pyridine rings is 1. The quantitative estimate of drug-likeness (QED) is 0.794.